The quantitative estimate of drug-likeness (QED) is 0.468. The predicted octanol–water partition coefficient (Wildman–Crippen LogP) is 4.71. The van der Waals surface area contributed by atoms with Crippen LogP contribution in [0.3, 0.4) is 0 Å². The summed E-state index contributed by atoms with van der Waals surface area (Å²) in [7, 11) is 0. The maximum atomic E-state index is 10.9. The van der Waals surface area contributed by atoms with Crippen molar-refractivity contribution < 1.29 is 9.66 Å². The number of hydrogen-bond acceptors (Lipinski definition) is 4. The highest BCUT2D eigenvalue weighted by molar-refractivity contribution is 6.32. The fourth-order valence-corrected chi connectivity index (χ4v) is 1.95. The third kappa shape index (κ3) is 3.00. The number of rotatable bonds is 3. The van der Waals surface area contributed by atoms with E-state index in [4.69, 9.17) is 27.9 Å². The zero-order chi connectivity index (χ0) is 14.9. The normalized spacial score (nSPS) is 10.4. The highest BCUT2D eigenvalue weighted by Gasteiger charge is 2.18. The van der Waals surface area contributed by atoms with E-state index in [-0.39, 0.29) is 16.7 Å². The van der Waals surface area contributed by atoms with Crippen LogP contribution < -0.4 is 4.74 Å². The van der Waals surface area contributed by atoms with Gasteiger partial charge in [0.25, 0.3) is 0 Å². The van der Waals surface area contributed by atoms with Gasteiger partial charge in [-0.05, 0) is 43.2 Å². The second-order valence-corrected chi connectivity index (χ2v) is 4.95. The summed E-state index contributed by atoms with van der Waals surface area (Å²) in [5.41, 5.74) is 1.37. The van der Waals surface area contributed by atoms with E-state index in [2.05, 4.69) is 4.98 Å². The van der Waals surface area contributed by atoms with Crippen LogP contribution >= 0.6 is 23.2 Å². The van der Waals surface area contributed by atoms with Crippen molar-refractivity contribution in [2.45, 2.75) is 13.8 Å². The van der Waals surface area contributed by atoms with Gasteiger partial charge in [0.05, 0.1) is 4.92 Å². The van der Waals surface area contributed by atoms with E-state index in [1.54, 1.807) is 12.1 Å². The van der Waals surface area contributed by atoms with Crippen molar-refractivity contribution in [3.63, 3.8) is 0 Å². The highest BCUT2D eigenvalue weighted by Crippen LogP contribution is 2.33. The molecule has 7 heteroatoms. The summed E-state index contributed by atoms with van der Waals surface area (Å²) in [4.78, 5) is 14.2. The van der Waals surface area contributed by atoms with E-state index in [0.717, 1.165) is 11.1 Å². The number of nitrogens with zero attached hydrogens (tertiary/aromatic N) is 2. The summed E-state index contributed by atoms with van der Waals surface area (Å²) >= 11 is 11.8. The van der Waals surface area contributed by atoms with Crippen LogP contribution in [-0.4, -0.2) is 9.91 Å². The molecule has 0 amide bonds. The Morgan fingerprint density at radius 1 is 1.20 bits per heavy atom. The molecule has 0 N–H and O–H groups in total. The van der Waals surface area contributed by atoms with E-state index >= 15 is 0 Å². The molecular weight excluding hydrogens is 303 g/mol. The van der Waals surface area contributed by atoms with Gasteiger partial charge in [-0.1, -0.05) is 23.2 Å². The van der Waals surface area contributed by atoms with Crippen LogP contribution in [0.2, 0.25) is 10.2 Å². The minimum atomic E-state index is -0.575. The first kappa shape index (κ1) is 14.6. The molecule has 1 aromatic heterocycles. The Morgan fingerprint density at radius 3 is 2.35 bits per heavy atom. The van der Waals surface area contributed by atoms with Gasteiger partial charge >= 0.3 is 11.6 Å². The Balaban J connectivity index is 2.44. The molecule has 0 atom stereocenters. The largest absolute Gasteiger partial charge is 0.434 e. The topological polar surface area (TPSA) is 65.3 Å². The molecule has 1 aromatic carbocycles. The van der Waals surface area contributed by atoms with Crippen LogP contribution in [-0.2, 0) is 0 Å². The summed E-state index contributed by atoms with van der Waals surface area (Å²) in [5.74, 6) is 0.269. The van der Waals surface area contributed by atoms with E-state index in [1.165, 1.54) is 12.1 Å². The molecule has 0 unspecified atom stereocenters. The summed E-state index contributed by atoms with van der Waals surface area (Å²) < 4.78 is 5.47. The van der Waals surface area contributed by atoms with Crippen molar-refractivity contribution in [2.24, 2.45) is 0 Å². The first-order chi connectivity index (χ1) is 9.38. The standard InChI is InChI=1S/C13H10Cl2N2O3/c1-7-5-9(6-8(2)12(7)15)20-13-10(17(18)19)3-4-11(14)16-13/h3-6H,1-2H3. The van der Waals surface area contributed by atoms with Crippen molar-refractivity contribution in [1.29, 1.82) is 0 Å². The number of benzene rings is 1. The molecule has 2 aromatic rings. The second kappa shape index (κ2) is 5.64. The fraction of sp³-hybridized carbons (Fsp3) is 0.154. The van der Waals surface area contributed by atoms with Crippen molar-refractivity contribution in [1.82, 2.24) is 4.98 Å². The highest BCUT2D eigenvalue weighted by atomic mass is 35.5. The van der Waals surface area contributed by atoms with Gasteiger partial charge in [0, 0.05) is 11.1 Å². The second-order valence-electron chi connectivity index (χ2n) is 4.19. The lowest BCUT2D eigenvalue weighted by Crippen LogP contribution is -1.97. The van der Waals surface area contributed by atoms with Gasteiger partial charge in [0.2, 0.25) is 0 Å². The third-order valence-corrected chi connectivity index (χ3v) is 3.43. The van der Waals surface area contributed by atoms with Gasteiger partial charge in [-0.15, -0.1) is 0 Å². The van der Waals surface area contributed by atoms with Gasteiger partial charge < -0.3 is 4.74 Å². The summed E-state index contributed by atoms with van der Waals surface area (Å²) in [6.07, 6.45) is 0. The Hall–Kier alpha value is -1.85. The SMILES string of the molecule is Cc1cc(Oc2nc(Cl)ccc2[N+](=O)[O-])cc(C)c1Cl. The Bertz CT molecular complexity index is 666. The molecule has 0 fully saturated rings. The van der Waals surface area contributed by atoms with Crippen molar-refractivity contribution >= 4 is 28.9 Å². The van der Waals surface area contributed by atoms with E-state index in [9.17, 15) is 10.1 Å². The lowest BCUT2D eigenvalue weighted by atomic mass is 10.1. The number of aromatic nitrogens is 1. The van der Waals surface area contributed by atoms with Crippen LogP contribution in [0.1, 0.15) is 11.1 Å². The molecule has 0 radical (unpaired) electrons. The first-order valence-electron chi connectivity index (χ1n) is 5.64. The predicted molar refractivity (Wildman–Crippen MR) is 76.9 cm³/mol. The van der Waals surface area contributed by atoms with E-state index in [1.807, 2.05) is 13.8 Å². The van der Waals surface area contributed by atoms with Crippen molar-refractivity contribution in [3.05, 3.63) is 55.7 Å². The van der Waals surface area contributed by atoms with Gasteiger partial charge in [0.1, 0.15) is 10.9 Å². The average Bonchev–Trinajstić information content (AvgIpc) is 2.35. The summed E-state index contributed by atoms with van der Waals surface area (Å²) in [6.45, 7) is 3.64. The zero-order valence-electron chi connectivity index (χ0n) is 10.7. The van der Waals surface area contributed by atoms with Gasteiger partial charge in [-0.25, -0.2) is 0 Å². The van der Waals surface area contributed by atoms with Gasteiger partial charge in [0.15, 0.2) is 0 Å². The number of aryl methyl sites for hydroxylation is 2. The zero-order valence-corrected chi connectivity index (χ0v) is 12.2. The smallest absolute Gasteiger partial charge is 0.331 e. The minimum Gasteiger partial charge on any atom is -0.434 e. The Kier molecular flexibility index (Phi) is 4.11. The van der Waals surface area contributed by atoms with E-state index in [0.29, 0.717) is 10.8 Å². The number of halogens is 2. The monoisotopic (exact) mass is 312 g/mol. The Morgan fingerprint density at radius 2 is 1.80 bits per heavy atom. The number of pyridine rings is 1. The fourth-order valence-electron chi connectivity index (χ4n) is 1.70. The van der Waals surface area contributed by atoms with Crippen molar-refractivity contribution in [3.8, 4) is 11.6 Å². The van der Waals surface area contributed by atoms with E-state index < -0.39 is 4.92 Å². The average molecular weight is 313 g/mol. The van der Waals surface area contributed by atoms with Crippen molar-refractivity contribution in [2.75, 3.05) is 0 Å². The molecule has 5 nitrogen and oxygen atoms in total. The van der Waals surface area contributed by atoms with Gasteiger partial charge in [-0.3, -0.25) is 10.1 Å². The third-order valence-electron chi connectivity index (χ3n) is 2.63. The molecule has 0 aliphatic rings. The number of ether oxygens (including phenoxy) is 1. The molecular formula is C13H10Cl2N2O3. The molecule has 0 aliphatic heterocycles. The molecule has 0 bridgehead atoms. The molecule has 104 valence electrons. The molecule has 2 rings (SSSR count). The molecule has 0 spiro atoms. The van der Waals surface area contributed by atoms with Crippen LogP contribution in [0.4, 0.5) is 5.69 Å². The maximum absolute atomic E-state index is 10.9. The molecule has 0 saturated heterocycles. The van der Waals surface area contributed by atoms with Crippen LogP contribution in [0.5, 0.6) is 11.6 Å². The molecule has 20 heavy (non-hydrogen) atoms. The summed E-state index contributed by atoms with van der Waals surface area (Å²) in [5, 5.41) is 11.7. The van der Waals surface area contributed by atoms with Crippen LogP contribution in [0, 0.1) is 24.0 Å². The molecule has 0 saturated carbocycles. The van der Waals surface area contributed by atoms with Gasteiger partial charge in [-0.2, -0.15) is 4.98 Å². The summed E-state index contributed by atoms with van der Waals surface area (Å²) in [6, 6.07) is 5.95. The maximum Gasteiger partial charge on any atom is 0.331 e. The Labute approximate surface area is 125 Å². The first-order valence-corrected chi connectivity index (χ1v) is 6.39. The molecule has 0 aliphatic carbocycles. The van der Waals surface area contributed by atoms with Crippen LogP contribution in [0.15, 0.2) is 24.3 Å². The van der Waals surface area contributed by atoms with Crippen LogP contribution in [0.25, 0.3) is 0 Å². The lowest BCUT2D eigenvalue weighted by molar-refractivity contribution is -0.386. The lowest BCUT2D eigenvalue weighted by Gasteiger charge is -2.09. The number of hydrogen-bond donors (Lipinski definition) is 0. The minimum absolute atomic E-state index is 0.119. The molecule has 1 heterocycles. The number of nitro groups is 1.